The molecule has 0 aromatic heterocycles. The number of benzene rings is 2. The average Bonchev–Trinajstić information content (AvgIpc) is 2.47. The Labute approximate surface area is 124 Å². The largest absolute Gasteiger partial charge is 0.478 e. The van der Waals surface area contributed by atoms with Gasteiger partial charge in [0.1, 0.15) is 17.1 Å². The number of aromatic carboxylic acids is 3. The maximum Gasteiger partial charge on any atom is 0.339 e. The summed E-state index contributed by atoms with van der Waals surface area (Å²) in [6, 6.07) is 8.67. The highest BCUT2D eigenvalue weighted by Crippen LogP contribution is 2.27. The molecule has 0 aliphatic heterocycles. The van der Waals surface area contributed by atoms with Gasteiger partial charge in [0, 0.05) is 0 Å². The molecule has 2 rings (SSSR count). The Kier molecular flexibility index (Phi) is 4.08. The fraction of sp³-hybridized carbons (Fsp3) is 0. The summed E-state index contributed by atoms with van der Waals surface area (Å²) < 4.78 is 5.36. The van der Waals surface area contributed by atoms with Crippen molar-refractivity contribution in [3.8, 4) is 11.5 Å². The van der Waals surface area contributed by atoms with Crippen molar-refractivity contribution in [2.75, 3.05) is 0 Å². The van der Waals surface area contributed by atoms with Gasteiger partial charge in [-0.15, -0.1) is 0 Å². The van der Waals surface area contributed by atoms with Crippen LogP contribution in [0.25, 0.3) is 0 Å². The number of carbonyl (C=O) groups is 3. The Morgan fingerprint density at radius 1 is 0.727 bits per heavy atom. The molecule has 2 aromatic carbocycles. The third kappa shape index (κ3) is 3.21. The van der Waals surface area contributed by atoms with Crippen molar-refractivity contribution >= 4 is 17.9 Å². The monoisotopic (exact) mass is 302 g/mol. The van der Waals surface area contributed by atoms with Crippen LogP contribution in [0.5, 0.6) is 11.5 Å². The summed E-state index contributed by atoms with van der Waals surface area (Å²) in [5.74, 6) is -3.55. The third-order valence-electron chi connectivity index (χ3n) is 2.79. The summed E-state index contributed by atoms with van der Waals surface area (Å²) in [6.45, 7) is 0. The predicted molar refractivity (Wildman–Crippen MR) is 73.8 cm³/mol. The molecule has 0 radical (unpaired) electrons. The first-order valence-corrected chi connectivity index (χ1v) is 6.00. The number of rotatable bonds is 5. The van der Waals surface area contributed by atoms with Crippen LogP contribution in [0.2, 0.25) is 0 Å². The number of carboxylic acid groups (broad SMARTS) is 3. The van der Waals surface area contributed by atoms with E-state index in [1.807, 2.05) is 0 Å². The molecule has 0 saturated heterocycles. The molecule has 0 aliphatic carbocycles. The topological polar surface area (TPSA) is 121 Å². The maximum absolute atomic E-state index is 11.1. The second kappa shape index (κ2) is 5.96. The van der Waals surface area contributed by atoms with Crippen molar-refractivity contribution in [2.45, 2.75) is 0 Å². The summed E-state index contributed by atoms with van der Waals surface area (Å²) in [6.07, 6.45) is 0. The van der Waals surface area contributed by atoms with E-state index in [0.717, 1.165) is 18.2 Å². The van der Waals surface area contributed by atoms with Crippen LogP contribution < -0.4 is 4.74 Å². The van der Waals surface area contributed by atoms with Crippen molar-refractivity contribution in [3.63, 3.8) is 0 Å². The number of carboxylic acids is 3. The Hall–Kier alpha value is -3.35. The van der Waals surface area contributed by atoms with Gasteiger partial charge in [0.05, 0.1) is 11.1 Å². The van der Waals surface area contributed by atoms with Gasteiger partial charge >= 0.3 is 17.9 Å². The molecule has 112 valence electrons. The molecule has 0 aliphatic rings. The molecule has 0 atom stereocenters. The lowest BCUT2D eigenvalue weighted by molar-refractivity contribution is 0.0678. The Morgan fingerprint density at radius 3 is 1.77 bits per heavy atom. The van der Waals surface area contributed by atoms with Crippen molar-refractivity contribution < 1.29 is 34.4 Å². The molecule has 7 nitrogen and oxygen atoms in total. The first kappa shape index (κ1) is 15.0. The molecule has 2 aromatic rings. The normalized spacial score (nSPS) is 10.0. The van der Waals surface area contributed by atoms with E-state index in [0.29, 0.717) is 0 Å². The van der Waals surface area contributed by atoms with E-state index in [1.54, 1.807) is 0 Å². The minimum Gasteiger partial charge on any atom is -0.478 e. The van der Waals surface area contributed by atoms with Gasteiger partial charge < -0.3 is 20.1 Å². The summed E-state index contributed by atoms with van der Waals surface area (Å²) in [5.41, 5.74) is -0.278. The molecule has 0 unspecified atom stereocenters. The van der Waals surface area contributed by atoms with Crippen LogP contribution >= 0.6 is 0 Å². The first-order valence-electron chi connectivity index (χ1n) is 6.00. The summed E-state index contributed by atoms with van der Waals surface area (Å²) in [4.78, 5) is 32.8. The molecule has 0 heterocycles. The fourth-order valence-electron chi connectivity index (χ4n) is 1.71. The van der Waals surface area contributed by atoms with E-state index in [-0.39, 0.29) is 28.2 Å². The zero-order chi connectivity index (χ0) is 16.3. The van der Waals surface area contributed by atoms with Crippen LogP contribution in [-0.4, -0.2) is 33.2 Å². The average molecular weight is 302 g/mol. The number of hydrogen-bond donors (Lipinski definition) is 3. The predicted octanol–water partition coefficient (Wildman–Crippen LogP) is 2.57. The molecule has 0 amide bonds. The van der Waals surface area contributed by atoms with Crippen molar-refractivity contribution in [1.29, 1.82) is 0 Å². The SMILES string of the molecule is O=C(O)c1ccc(Oc2cc(C(=O)O)ccc2C(=O)O)cc1. The van der Waals surface area contributed by atoms with Crippen LogP contribution in [0.4, 0.5) is 0 Å². The number of ether oxygens (including phenoxy) is 1. The smallest absolute Gasteiger partial charge is 0.339 e. The minimum absolute atomic E-state index is 0.0464. The van der Waals surface area contributed by atoms with Gasteiger partial charge in [0.15, 0.2) is 0 Å². The maximum atomic E-state index is 11.1. The van der Waals surface area contributed by atoms with E-state index in [9.17, 15) is 14.4 Å². The first-order chi connectivity index (χ1) is 10.4. The van der Waals surface area contributed by atoms with E-state index >= 15 is 0 Å². The van der Waals surface area contributed by atoms with Gasteiger partial charge in [-0.25, -0.2) is 14.4 Å². The molecule has 22 heavy (non-hydrogen) atoms. The highest BCUT2D eigenvalue weighted by molar-refractivity contribution is 5.94. The third-order valence-corrected chi connectivity index (χ3v) is 2.79. The Morgan fingerprint density at radius 2 is 1.27 bits per heavy atom. The van der Waals surface area contributed by atoms with E-state index in [2.05, 4.69) is 0 Å². The fourth-order valence-corrected chi connectivity index (χ4v) is 1.71. The van der Waals surface area contributed by atoms with Crippen LogP contribution in [0.3, 0.4) is 0 Å². The lowest BCUT2D eigenvalue weighted by Gasteiger charge is -2.10. The lowest BCUT2D eigenvalue weighted by atomic mass is 10.1. The highest BCUT2D eigenvalue weighted by Gasteiger charge is 2.15. The summed E-state index contributed by atoms with van der Waals surface area (Å²) in [7, 11) is 0. The quantitative estimate of drug-likeness (QED) is 0.776. The molecule has 3 N–H and O–H groups in total. The molecule has 0 spiro atoms. The molecule has 7 heteroatoms. The standard InChI is InChI=1S/C15H10O7/c16-13(17)8-1-4-10(5-2-8)22-12-7-9(14(18)19)3-6-11(12)15(20)21/h1-7H,(H,16,17)(H,18,19)(H,20,21). The van der Waals surface area contributed by atoms with E-state index in [1.165, 1.54) is 24.3 Å². The van der Waals surface area contributed by atoms with Crippen LogP contribution in [0.1, 0.15) is 31.1 Å². The summed E-state index contributed by atoms with van der Waals surface area (Å²) in [5, 5.41) is 26.8. The lowest BCUT2D eigenvalue weighted by Crippen LogP contribution is -2.03. The summed E-state index contributed by atoms with van der Waals surface area (Å²) >= 11 is 0. The Balaban J connectivity index is 2.38. The second-order valence-corrected chi connectivity index (χ2v) is 4.25. The minimum atomic E-state index is -1.27. The van der Waals surface area contributed by atoms with Crippen molar-refractivity contribution in [3.05, 3.63) is 59.2 Å². The van der Waals surface area contributed by atoms with Gasteiger partial charge in [-0.05, 0) is 42.5 Å². The number of hydrogen-bond acceptors (Lipinski definition) is 4. The van der Waals surface area contributed by atoms with Crippen molar-refractivity contribution in [1.82, 2.24) is 0 Å². The van der Waals surface area contributed by atoms with Gasteiger partial charge in [-0.1, -0.05) is 0 Å². The molecule has 0 fully saturated rings. The van der Waals surface area contributed by atoms with E-state index in [4.69, 9.17) is 20.1 Å². The van der Waals surface area contributed by atoms with Crippen LogP contribution in [0.15, 0.2) is 42.5 Å². The van der Waals surface area contributed by atoms with Crippen LogP contribution in [-0.2, 0) is 0 Å². The Bertz CT molecular complexity index is 747. The molecular weight excluding hydrogens is 292 g/mol. The van der Waals surface area contributed by atoms with Gasteiger partial charge in [0.25, 0.3) is 0 Å². The van der Waals surface area contributed by atoms with Gasteiger partial charge in [-0.3, -0.25) is 0 Å². The van der Waals surface area contributed by atoms with Crippen molar-refractivity contribution in [2.24, 2.45) is 0 Å². The highest BCUT2D eigenvalue weighted by atomic mass is 16.5. The molecule has 0 bridgehead atoms. The van der Waals surface area contributed by atoms with Gasteiger partial charge in [-0.2, -0.15) is 0 Å². The van der Waals surface area contributed by atoms with Crippen LogP contribution in [0, 0.1) is 0 Å². The second-order valence-electron chi connectivity index (χ2n) is 4.25. The zero-order valence-electron chi connectivity index (χ0n) is 11.0. The molecule has 0 saturated carbocycles. The molecular formula is C15H10O7. The van der Waals surface area contributed by atoms with Gasteiger partial charge in [0.2, 0.25) is 0 Å². The van der Waals surface area contributed by atoms with E-state index < -0.39 is 17.9 Å². The zero-order valence-corrected chi connectivity index (χ0v) is 11.0.